The first-order valence-corrected chi connectivity index (χ1v) is 10.8. The van der Waals surface area contributed by atoms with Crippen LogP contribution in [0.25, 0.3) is 0 Å². The topological polar surface area (TPSA) is 62.6 Å². The second kappa shape index (κ2) is 9.67. The Morgan fingerprint density at radius 2 is 2.00 bits per heavy atom. The number of amides is 1. The van der Waals surface area contributed by atoms with Crippen LogP contribution in [0.15, 0.2) is 12.1 Å². The first kappa shape index (κ1) is 22.4. The van der Waals surface area contributed by atoms with E-state index in [1.807, 2.05) is 11.9 Å². The maximum atomic E-state index is 14.4. The molecule has 1 aromatic heterocycles. The van der Waals surface area contributed by atoms with Gasteiger partial charge < -0.3 is 19.9 Å². The quantitative estimate of drug-likeness (QED) is 0.555. The number of rotatable bonds is 6. The SMILES string of the molecule is CNCc1c(Cl)c(I)nn1CC(=O)N1CCN(c2cc(OC)c(Cl)cc2F)CC1. The Hall–Kier alpha value is -1.30. The molecule has 0 atom stereocenters. The highest BCUT2D eigenvalue weighted by Gasteiger charge is 2.25. The van der Waals surface area contributed by atoms with Crippen LogP contribution in [0, 0.1) is 9.52 Å². The van der Waals surface area contributed by atoms with Crippen molar-refractivity contribution in [2.45, 2.75) is 13.1 Å². The summed E-state index contributed by atoms with van der Waals surface area (Å²) in [5.74, 6) is -0.0384. The summed E-state index contributed by atoms with van der Waals surface area (Å²) >= 11 is 14.3. The summed E-state index contributed by atoms with van der Waals surface area (Å²) < 4.78 is 21.8. The van der Waals surface area contributed by atoms with E-state index in [2.05, 4.69) is 33.0 Å². The van der Waals surface area contributed by atoms with Crippen molar-refractivity contribution in [3.8, 4) is 5.75 Å². The van der Waals surface area contributed by atoms with E-state index in [1.54, 1.807) is 15.6 Å². The van der Waals surface area contributed by atoms with E-state index >= 15 is 0 Å². The maximum Gasteiger partial charge on any atom is 0.244 e. The standard InChI is InChI=1S/C18H21Cl2FIN5O2/c1-23-9-14-17(20)18(22)24-27(14)10-16(28)26-5-3-25(4-6-26)13-8-15(29-2)11(19)7-12(13)21/h7-8,23H,3-6,9-10H2,1-2H3. The maximum absolute atomic E-state index is 14.4. The number of nitrogens with zero attached hydrogens (tertiary/aromatic N) is 4. The van der Waals surface area contributed by atoms with Gasteiger partial charge >= 0.3 is 0 Å². The summed E-state index contributed by atoms with van der Waals surface area (Å²) in [5, 5.41) is 8.19. The summed E-state index contributed by atoms with van der Waals surface area (Å²) in [6, 6.07) is 2.84. The molecule has 3 rings (SSSR count). The normalized spacial score (nSPS) is 14.4. The summed E-state index contributed by atoms with van der Waals surface area (Å²) in [6.07, 6.45) is 0. The first-order chi connectivity index (χ1) is 13.8. The van der Waals surface area contributed by atoms with Gasteiger partial charge in [0.15, 0.2) is 0 Å². The molecule has 1 N–H and O–H groups in total. The molecule has 0 spiro atoms. The summed E-state index contributed by atoms with van der Waals surface area (Å²) in [7, 11) is 3.30. The number of anilines is 1. The van der Waals surface area contributed by atoms with Crippen molar-refractivity contribution in [3.05, 3.63) is 37.4 Å². The van der Waals surface area contributed by atoms with E-state index in [9.17, 15) is 9.18 Å². The van der Waals surface area contributed by atoms with Gasteiger partial charge in [0.1, 0.15) is 21.8 Å². The lowest BCUT2D eigenvalue weighted by atomic mass is 10.2. The molecule has 1 aromatic carbocycles. The smallest absolute Gasteiger partial charge is 0.244 e. The van der Waals surface area contributed by atoms with Gasteiger partial charge in [0.2, 0.25) is 5.91 Å². The van der Waals surface area contributed by atoms with E-state index in [0.717, 1.165) is 5.69 Å². The molecule has 1 aliphatic heterocycles. The van der Waals surface area contributed by atoms with Crippen molar-refractivity contribution >= 4 is 57.4 Å². The molecule has 1 amide bonds. The Kier molecular flexibility index (Phi) is 7.47. The highest BCUT2D eigenvalue weighted by atomic mass is 127. The van der Waals surface area contributed by atoms with Gasteiger partial charge in [0.25, 0.3) is 0 Å². The largest absolute Gasteiger partial charge is 0.495 e. The molecule has 0 unspecified atom stereocenters. The summed E-state index contributed by atoms with van der Waals surface area (Å²) in [6.45, 7) is 2.62. The lowest BCUT2D eigenvalue weighted by Gasteiger charge is -2.36. The molecular weight excluding hydrogens is 535 g/mol. The van der Waals surface area contributed by atoms with E-state index in [0.29, 0.717) is 52.9 Å². The van der Waals surface area contributed by atoms with E-state index < -0.39 is 5.82 Å². The molecule has 0 saturated carbocycles. The average Bonchev–Trinajstić information content (AvgIpc) is 2.96. The molecule has 0 bridgehead atoms. The average molecular weight is 556 g/mol. The molecule has 1 saturated heterocycles. The monoisotopic (exact) mass is 555 g/mol. The van der Waals surface area contributed by atoms with Crippen molar-refractivity contribution in [1.82, 2.24) is 20.0 Å². The number of ether oxygens (including phenoxy) is 1. The third kappa shape index (κ3) is 4.89. The minimum atomic E-state index is -0.409. The fourth-order valence-electron chi connectivity index (χ4n) is 3.25. The number of nitrogens with one attached hydrogen (secondary N) is 1. The highest BCUT2D eigenvalue weighted by molar-refractivity contribution is 14.1. The molecule has 2 aromatic rings. The lowest BCUT2D eigenvalue weighted by Crippen LogP contribution is -2.50. The van der Waals surface area contributed by atoms with Crippen molar-refractivity contribution in [1.29, 1.82) is 0 Å². The third-order valence-electron chi connectivity index (χ3n) is 4.78. The zero-order valence-corrected chi connectivity index (χ0v) is 19.7. The molecule has 0 radical (unpaired) electrons. The van der Waals surface area contributed by atoms with Crippen molar-refractivity contribution in [2.75, 3.05) is 45.2 Å². The van der Waals surface area contributed by atoms with Gasteiger partial charge in [-0.05, 0) is 35.7 Å². The summed E-state index contributed by atoms with van der Waals surface area (Å²) in [5.41, 5.74) is 1.20. The Balaban J connectivity index is 1.66. The van der Waals surface area contributed by atoms with Crippen LogP contribution in [-0.2, 0) is 17.9 Å². The Bertz CT molecular complexity index is 903. The number of methoxy groups -OCH3 is 1. The number of benzene rings is 1. The molecule has 29 heavy (non-hydrogen) atoms. The van der Waals surface area contributed by atoms with Gasteiger partial charge in [-0.1, -0.05) is 23.2 Å². The predicted molar refractivity (Wildman–Crippen MR) is 119 cm³/mol. The molecule has 11 heteroatoms. The zero-order valence-electron chi connectivity index (χ0n) is 16.0. The van der Waals surface area contributed by atoms with E-state index in [1.165, 1.54) is 13.2 Å². The molecule has 1 aliphatic rings. The van der Waals surface area contributed by atoms with E-state index in [4.69, 9.17) is 27.9 Å². The zero-order chi connectivity index (χ0) is 21.1. The molecule has 2 heterocycles. The van der Waals surface area contributed by atoms with Crippen molar-refractivity contribution in [3.63, 3.8) is 0 Å². The van der Waals surface area contributed by atoms with Gasteiger partial charge in [0, 0.05) is 38.8 Å². The number of hydrogen-bond donors (Lipinski definition) is 1. The van der Waals surface area contributed by atoms with Crippen LogP contribution in [0.4, 0.5) is 10.1 Å². The number of aromatic nitrogens is 2. The second-order valence-electron chi connectivity index (χ2n) is 6.55. The van der Waals surface area contributed by atoms with Gasteiger partial charge in [-0.3, -0.25) is 9.48 Å². The molecule has 7 nitrogen and oxygen atoms in total. The Morgan fingerprint density at radius 1 is 1.31 bits per heavy atom. The molecule has 1 fully saturated rings. The van der Waals surface area contributed by atoms with Crippen LogP contribution in [0.5, 0.6) is 5.75 Å². The van der Waals surface area contributed by atoms with Crippen LogP contribution in [0.3, 0.4) is 0 Å². The number of carbonyl (C=O) groups is 1. The van der Waals surface area contributed by atoms with Gasteiger partial charge in [-0.25, -0.2) is 4.39 Å². The minimum absolute atomic E-state index is 0.0493. The number of carbonyl (C=O) groups excluding carboxylic acids is 1. The third-order valence-corrected chi connectivity index (χ3v) is 6.54. The lowest BCUT2D eigenvalue weighted by molar-refractivity contribution is -0.132. The van der Waals surface area contributed by atoms with Crippen molar-refractivity contribution < 1.29 is 13.9 Å². The van der Waals surface area contributed by atoms with Crippen LogP contribution < -0.4 is 15.0 Å². The van der Waals surface area contributed by atoms with Crippen LogP contribution >= 0.6 is 45.8 Å². The number of piperazine rings is 1. The fourth-order valence-corrected chi connectivity index (χ4v) is 4.25. The fraction of sp³-hybridized carbons (Fsp3) is 0.444. The second-order valence-corrected chi connectivity index (χ2v) is 8.35. The molecule has 158 valence electrons. The van der Waals surface area contributed by atoms with Crippen LogP contribution in [0.1, 0.15) is 5.69 Å². The first-order valence-electron chi connectivity index (χ1n) is 8.96. The summed E-state index contributed by atoms with van der Waals surface area (Å²) in [4.78, 5) is 16.4. The van der Waals surface area contributed by atoms with Crippen LogP contribution in [-0.4, -0.2) is 60.9 Å². The highest BCUT2D eigenvalue weighted by Crippen LogP contribution is 2.32. The molecule has 0 aliphatic carbocycles. The number of halogens is 4. The van der Waals surface area contributed by atoms with E-state index in [-0.39, 0.29) is 17.5 Å². The Morgan fingerprint density at radius 3 is 2.62 bits per heavy atom. The van der Waals surface area contributed by atoms with Crippen LogP contribution in [0.2, 0.25) is 10.0 Å². The minimum Gasteiger partial charge on any atom is -0.495 e. The molecular formula is C18H21Cl2FIN5O2. The predicted octanol–water partition coefficient (Wildman–Crippen LogP) is 3.01. The number of hydrogen-bond acceptors (Lipinski definition) is 5. The van der Waals surface area contributed by atoms with Crippen molar-refractivity contribution in [2.24, 2.45) is 0 Å². The van der Waals surface area contributed by atoms with Gasteiger partial charge in [0.05, 0.1) is 28.5 Å². The Labute approximate surface area is 192 Å². The van der Waals surface area contributed by atoms with Gasteiger partial charge in [-0.2, -0.15) is 5.10 Å². The van der Waals surface area contributed by atoms with Gasteiger partial charge in [-0.15, -0.1) is 0 Å².